The summed E-state index contributed by atoms with van der Waals surface area (Å²) in [5.74, 6) is 1.39. The van der Waals surface area contributed by atoms with Gasteiger partial charge in [0.25, 0.3) is 0 Å². The fourth-order valence-corrected chi connectivity index (χ4v) is 5.92. The first-order chi connectivity index (χ1) is 12.8. The van der Waals surface area contributed by atoms with Gasteiger partial charge in [0, 0.05) is 30.0 Å². The van der Waals surface area contributed by atoms with E-state index in [2.05, 4.69) is 26.1 Å². The molecule has 2 heterocycles. The Morgan fingerprint density at radius 3 is 2.78 bits per heavy atom. The lowest BCUT2D eigenvalue weighted by Crippen LogP contribution is -2.48. The van der Waals surface area contributed by atoms with Crippen LogP contribution in [0, 0.1) is 5.41 Å². The second-order valence-electron chi connectivity index (χ2n) is 8.70. The van der Waals surface area contributed by atoms with Gasteiger partial charge in [-0.1, -0.05) is 20.8 Å². The number of thioether (sulfide) groups is 1. The van der Waals surface area contributed by atoms with Crippen LogP contribution in [0.2, 0.25) is 0 Å². The highest BCUT2D eigenvalue weighted by Gasteiger charge is 2.35. The molecule has 3 rings (SSSR count). The number of carbonyl (C=O) groups is 2. The fraction of sp³-hybridized carbons (Fsp3) is 0.750. The number of thiazole rings is 1. The highest BCUT2D eigenvalue weighted by Crippen LogP contribution is 2.28. The van der Waals surface area contributed by atoms with Crippen LogP contribution in [0.1, 0.15) is 62.0 Å². The van der Waals surface area contributed by atoms with Gasteiger partial charge < -0.3 is 10.2 Å². The number of aryl methyl sites for hydroxylation is 3. The smallest absolute Gasteiger partial charge is 0.243 e. The normalized spacial score (nSPS) is 19.8. The number of rotatable bonds is 6. The lowest BCUT2D eigenvalue weighted by atomic mass is 9.91. The van der Waals surface area contributed by atoms with Gasteiger partial charge in [-0.25, -0.2) is 4.98 Å². The maximum Gasteiger partial charge on any atom is 0.243 e. The number of hydrogen-bond donors (Lipinski definition) is 1. The van der Waals surface area contributed by atoms with Crippen LogP contribution in [-0.4, -0.2) is 45.9 Å². The summed E-state index contributed by atoms with van der Waals surface area (Å²) in [6.07, 6.45) is 7.15. The van der Waals surface area contributed by atoms with Crippen molar-refractivity contribution in [3.8, 4) is 0 Å². The molecule has 1 aliphatic carbocycles. The van der Waals surface area contributed by atoms with Crippen LogP contribution >= 0.6 is 23.1 Å². The van der Waals surface area contributed by atoms with E-state index in [0.717, 1.165) is 19.3 Å². The van der Waals surface area contributed by atoms with Crippen LogP contribution in [0.15, 0.2) is 0 Å². The van der Waals surface area contributed by atoms with Gasteiger partial charge in [0.05, 0.1) is 16.6 Å². The summed E-state index contributed by atoms with van der Waals surface area (Å²) >= 11 is 3.51. The molecule has 0 saturated carbocycles. The largest absolute Gasteiger partial charge is 0.354 e. The number of carbonyl (C=O) groups excluding carboxylic acids is 2. The summed E-state index contributed by atoms with van der Waals surface area (Å²) in [5, 5.41) is 4.24. The standard InChI is InChI=1S/C20H31N3O2S2/c1-20(2,3)11-18(24)23-13-26-12-15(23)19(25)21-10-6-9-17-22-14-7-4-5-8-16(14)27-17/h15H,4-13H2,1-3H3,(H,21,25). The third-order valence-corrected chi connectivity index (χ3v) is 7.17. The van der Waals surface area contributed by atoms with Crippen molar-refractivity contribution < 1.29 is 9.59 Å². The first-order valence-electron chi connectivity index (χ1n) is 9.96. The number of fused-ring (bicyclic) bond motifs is 1. The van der Waals surface area contributed by atoms with E-state index in [4.69, 9.17) is 4.98 Å². The number of hydrogen-bond acceptors (Lipinski definition) is 5. The van der Waals surface area contributed by atoms with E-state index in [1.165, 1.54) is 34.8 Å². The average molecular weight is 410 g/mol. The van der Waals surface area contributed by atoms with E-state index in [-0.39, 0.29) is 23.3 Å². The van der Waals surface area contributed by atoms with E-state index in [1.54, 1.807) is 16.7 Å². The highest BCUT2D eigenvalue weighted by atomic mass is 32.2. The van der Waals surface area contributed by atoms with Crippen LogP contribution in [-0.2, 0) is 28.9 Å². The predicted octanol–water partition coefficient (Wildman–Crippen LogP) is 3.41. The first kappa shape index (κ1) is 20.6. The van der Waals surface area contributed by atoms with Gasteiger partial charge >= 0.3 is 0 Å². The molecule has 1 fully saturated rings. The van der Waals surface area contributed by atoms with Gasteiger partial charge in [-0.2, -0.15) is 0 Å². The molecule has 1 atom stereocenters. The molecule has 27 heavy (non-hydrogen) atoms. The minimum absolute atomic E-state index is 0.0132. The Labute approximate surface area is 170 Å². The average Bonchev–Trinajstić information content (AvgIpc) is 3.23. The van der Waals surface area contributed by atoms with Gasteiger partial charge in [0.2, 0.25) is 11.8 Å². The Hall–Kier alpha value is -1.08. The van der Waals surface area contributed by atoms with Crippen molar-refractivity contribution in [1.82, 2.24) is 15.2 Å². The molecule has 1 unspecified atom stereocenters. The summed E-state index contributed by atoms with van der Waals surface area (Å²) in [6.45, 7) is 6.81. The van der Waals surface area contributed by atoms with Crippen molar-refractivity contribution in [3.05, 3.63) is 15.6 Å². The summed E-state index contributed by atoms with van der Waals surface area (Å²) in [7, 11) is 0. The molecule has 0 bridgehead atoms. The highest BCUT2D eigenvalue weighted by molar-refractivity contribution is 7.99. The zero-order chi connectivity index (χ0) is 19.4. The molecule has 1 aromatic heterocycles. The van der Waals surface area contributed by atoms with Crippen molar-refractivity contribution in [3.63, 3.8) is 0 Å². The quantitative estimate of drug-likeness (QED) is 0.732. The van der Waals surface area contributed by atoms with Gasteiger partial charge in [-0.05, 0) is 37.5 Å². The molecule has 2 amide bonds. The lowest BCUT2D eigenvalue weighted by molar-refractivity contribution is -0.139. The van der Waals surface area contributed by atoms with Crippen LogP contribution in [0.3, 0.4) is 0 Å². The Bertz CT molecular complexity index is 658. The Balaban J connectivity index is 1.43. The monoisotopic (exact) mass is 409 g/mol. The molecule has 2 aliphatic rings. The zero-order valence-electron chi connectivity index (χ0n) is 16.7. The molecule has 1 aliphatic heterocycles. The SMILES string of the molecule is CC(C)(C)CC(=O)N1CSCC1C(=O)NCCCc1nc2c(s1)CCCC2. The molecule has 0 aromatic carbocycles. The summed E-state index contributed by atoms with van der Waals surface area (Å²) in [5.41, 5.74) is 1.25. The number of aromatic nitrogens is 1. The van der Waals surface area contributed by atoms with E-state index in [9.17, 15) is 9.59 Å². The minimum Gasteiger partial charge on any atom is -0.354 e. The topological polar surface area (TPSA) is 62.3 Å². The Morgan fingerprint density at radius 1 is 1.26 bits per heavy atom. The zero-order valence-corrected chi connectivity index (χ0v) is 18.3. The van der Waals surface area contributed by atoms with Crippen LogP contribution in [0.4, 0.5) is 0 Å². The maximum absolute atomic E-state index is 12.6. The van der Waals surface area contributed by atoms with Crippen LogP contribution in [0.5, 0.6) is 0 Å². The third-order valence-electron chi connectivity index (χ3n) is 4.94. The number of nitrogens with one attached hydrogen (secondary N) is 1. The number of nitrogens with zero attached hydrogens (tertiary/aromatic N) is 2. The van der Waals surface area contributed by atoms with Gasteiger partial charge in [0.1, 0.15) is 6.04 Å². The minimum atomic E-state index is -0.322. The molecular weight excluding hydrogens is 378 g/mol. The maximum atomic E-state index is 12.6. The molecule has 1 aromatic rings. The van der Waals surface area contributed by atoms with Crippen molar-refractivity contribution >= 4 is 34.9 Å². The van der Waals surface area contributed by atoms with E-state index in [1.807, 2.05) is 11.3 Å². The second kappa shape index (κ2) is 8.95. The summed E-state index contributed by atoms with van der Waals surface area (Å²) < 4.78 is 0. The molecular formula is C20H31N3O2S2. The van der Waals surface area contributed by atoms with Crippen LogP contribution < -0.4 is 5.32 Å². The molecule has 0 spiro atoms. The van der Waals surface area contributed by atoms with Gasteiger partial charge in [-0.15, -0.1) is 23.1 Å². The fourth-order valence-electron chi connectivity index (χ4n) is 3.54. The van der Waals surface area contributed by atoms with Crippen molar-refractivity contribution in [1.29, 1.82) is 0 Å². The van der Waals surface area contributed by atoms with Crippen LogP contribution in [0.25, 0.3) is 0 Å². The summed E-state index contributed by atoms with van der Waals surface area (Å²) in [4.78, 5) is 33.1. The van der Waals surface area contributed by atoms with Crippen molar-refractivity contribution in [2.45, 2.75) is 71.8 Å². The molecule has 150 valence electrons. The molecule has 5 nitrogen and oxygen atoms in total. The van der Waals surface area contributed by atoms with E-state index in [0.29, 0.717) is 24.6 Å². The van der Waals surface area contributed by atoms with E-state index >= 15 is 0 Å². The first-order valence-corrected chi connectivity index (χ1v) is 11.9. The lowest BCUT2D eigenvalue weighted by Gasteiger charge is -2.26. The van der Waals surface area contributed by atoms with Gasteiger partial charge in [0.15, 0.2) is 0 Å². The number of amides is 2. The second-order valence-corrected chi connectivity index (χ2v) is 10.9. The van der Waals surface area contributed by atoms with Crippen molar-refractivity contribution in [2.24, 2.45) is 5.41 Å². The molecule has 0 radical (unpaired) electrons. The molecule has 1 saturated heterocycles. The molecule has 1 N–H and O–H groups in total. The Morgan fingerprint density at radius 2 is 2.04 bits per heavy atom. The molecule has 7 heteroatoms. The summed E-state index contributed by atoms with van der Waals surface area (Å²) in [6, 6.07) is -0.322. The predicted molar refractivity (Wildman–Crippen MR) is 112 cm³/mol. The van der Waals surface area contributed by atoms with Crippen molar-refractivity contribution in [2.75, 3.05) is 18.2 Å². The Kier molecular flexibility index (Phi) is 6.84. The third kappa shape index (κ3) is 5.70. The van der Waals surface area contributed by atoms with E-state index < -0.39 is 0 Å². The van der Waals surface area contributed by atoms with Gasteiger partial charge in [-0.3, -0.25) is 9.59 Å².